The van der Waals surface area contributed by atoms with Crippen molar-refractivity contribution in [3.05, 3.63) is 35.4 Å². The summed E-state index contributed by atoms with van der Waals surface area (Å²) in [5.74, 6) is 1.57. The van der Waals surface area contributed by atoms with Crippen LogP contribution in [-0.4, -0.2) is 0 Å². The van der Waals surface area contributed by atoms with Crippen molar-refractivity contribution in [3.63, 3.8) is 0 Å². The highest BCUT2D eigenvalue weighted by Crippen LogP contribution is 2.47. The minimum Gasteiger partial charge on any atom is -0.0838 e. The first-order chi connectivity index (χ1) is 6.68. The molecular formula is C13H17Br. The molecule has 0 bridgehead atoms. The lowest BCUT2D eigenvalue weighted by atomic mass is 9.92. The summed E-state index contributed by atoms with van der Waals surface area (Å²) in [5.41, 5.74) is 3.08. The van der Waals surface area contributed by atoms with Crippen LogP contribution in [0.15, 0.2) is 24.3 Å². The Kier molecular flexibility index (Phi) is 2.96. The third-order valence-electron chi connectivity index (χ3n) is 3.02. The lowest BCUT2D eigenvalue weighted by Crippen LogP contribution is -1.98. The summed E-state index contributed by atoms with van der Waals surface area (Å²) in [7, 11) is 0. The fourth-order valence-electron chi connectivity index (χ4n) is 2.46. The minimum absolute atomic E-state index is 0.586. The van der Waals surface area contributed by atoms with Crippen molar-refractivity contribution in [2.24, 2.45) is 5.92 Å². The molecule has 0 aromatic heterocycles. The first-order valence-electron chi connectivity index (χ1n) is 5.41. The predicted molar refractivity (Wildman–Crippen MR) is 64.9 cm³/mol. The summed E-state index contributed by atoms with van der Waals surface area (Å²) in [6.07, 6.45) is 2.59. The molecule has 0 spiro atoms. The minimum atomic E-state index is 0.586. The number of benzene rings is 1. The topological polar surface area (TPSA) is 0 Å². The first-order valence-corrected chi connectivity index (χ1v) is 6.33. The maximum atomic E-state index is 3.77. The molecule has 0 N–H and O–H groups in total. The lowest BCUT2D eigenvalue weighted by Gasteiger charge is -2.13. The largest absolute Gasteiger partial charge is 0.0838 e. The molecule has 76 valence electrons. The molecule has 1 aliphatic carbocycles. The molecule has 1 heteroatoms. The van der Waals surface area contributed by atoms with E-state index >= 15 is 0 Å². The zero-order chi connectivity index (χ0) is 10.1. The second-order valence-corrected chi connectivity index (χ2v) is 5.76. The van der Waals surface area contributed by atoms with Crippen LogP contribution in [0.5, 0.6) is 0 Å². The number of hydrogen-bond donors (Lipinski definition) is 0. The van der Waals surface area contributed by atoms with Gasteiger partial charge in [-0.3, -0.25) is 0 Å². The van der Waals surface area contributed by atoms with Gasteiger partial charge in [0.15, 0.2) is 0 Å². The molecule has 1 aliphatic rings. The Hall–Kier alpha value is -0.300. The van der Waals surface area contributed by atoms with Crippen LogP contribution in [0.4, 0.5) is 0 Å². The molecule has 0 fully saturated rings. The summed E-state index contributed by atoms with van der Waals surface area (Å²) >= 11 is 3.77. The van der Waals surface area contributed by atoms with Gasteiger partial charge in [0, 0.05) is 4.83 Å². The van der Waals surface area contributed by atoms with Crippen molar-refractivity contribution in [1.82, 2.24) is 0 Å². The highest BCUT2D eigenvalue weighted by atomic mass is 79.9. The third-order valence-corrected chi connectivity index (χ3v) is 3.89. The molecule has 2 rings (SSSR count). The Morgan fingerprint density at radius 2 is 1.93 bits per heavy atom. The van der Waals surface area contributed by atoms with Gasteiger partial charge in [0.1, 0.15) is 0 Å². The van der Waals surface area contributed by atoms with Crippen LogP contribution >= 0.6 is 15.9 Å². The van der Waals surface area contributed by atoms with Crippen molar-refractivity contribution in [3.8, 4) is 0 Å². The van der Waals surface area contributed by atoms with Crippen LogP contribution in [0, 0.1) is 5.92 Å². The smallest absolute Gasteiger partial charge is 0.0404 e. The lowest BCUT2D eigenvalue weighted by molar-refractivity contribution is 0.496. The van der Waals surface area contributed by atoms with E-state index in [1.165, 1.54) is 18.4 Å². The quantitative estimate of drug-likeness (QED) is 0.672. The van der Waals surface area contributed by atoms with Crippen LogP contribution in [-0.2, 0) is 0 Å². The van der Waals surface area contributed by atoms with E-state index in [9.17, 15) is 0 Å². The highest BCUT2D eigenvalue weighted by molar-refractivity contribution is 9.09. The molecule has 2 atom stereocenters. The summed E-state index contributed by atoms with van der Waals surface area (Å²) < 4.78 is 0. The monoisotopic (exact) mass is 252 g/mol. The second kappa shape index (κ2) is 4.06. The molecule has 0 aliphatic heterocycles. The van der Waals surface area contributed by atoms with Crippen molar-refractivity contribution >= 4 is 15.9 Å². The van der Waals surface area contributed by atoms with Crippen molar-refractivity contribution in [2.45, 2.75) is 37.4 Å². The van der Waals surface area contributed by atoms with E-state index in [2.05, 4.69) is 54.0 Å². The second-order valence-electron chi connectivity index (χ2n) is 4.66. The van der Waals surface area contributed by atoms with E-state index in [-0.39, 0.29) is 0 Å². The summed E-state index contributed by atoms with van der Waals surface area (Å²) in [6, 6.07) is 8.86. The van der Waals surface area contributed by atoms with Crippen molar-refractivity contribution < 1.29 is 0 Å². The van der Waals surface area contributed by atoms with E-state index in [1.54, 1.807) is 5.56 Å². The van der Waals surface area contributed by atoms with Gasteiger partial charge in [-0.15, -0.1) is 0 Å². The van der Waals surface area contributed by atoms with Crippen LogP contribution < -0.4 is 0 Å². The molecule has 14 heavy (non-hydrogen) atoms. The number of fused-ring (bicyclic) bond motifs is 1. The van der Waals surface area contributed by atoms with Crippen LogP contribution in [0.3, 0.4) is 0 Å². The van der Waals surface area contributed by atoms with Gasteiger partial charge in [-0.2, -0.15) is 0 Å². The predicted octanol–water partition coefficient (Wildman–Crippen LogP) is 4.66. The van der Waals surface area contributed by atoms with Gasteiger partial charge < -0.3 is 0 Å². The number of alkyl halides is 1. The van der Waals surface area contributed by atoms with Crippen LogP contribution in [0.2, 0.25) is 0 Å². The highest BCUT2D eigenvalue weighted by Gasteiger charge is 2.28. The maximum Gasteiger partial charge on any atom is 0.0404 e. The Balaban J connectivity index is 2.25. The van der Waals surface area contributed by atoms with Gasteiger partial charge in [0.2, 0.25) is 0 Å². The van der Waals surface area contributed by atoms with E-state index < -0.39 is 0 Å². The van der Waals surface area contributed by atoms with Crippen molar-refractivity contribution in [1.29, 1.82) is 0 Å². The van der Waals surface area contributed by atoms with E-state index in [0.717, 1.165) is 11.8 Å². The Bertz CT molecular complexity index is 315. The average molecular weight is 253 g/mol. The van der Waals surface area contributed by atoms with Crippen LogP contribution in [0.1, 0.15) is 48.6 Å². The zero-order valence-electron chi connectivity index (χ0n) is 8.83. The summed E-state index contributed by atoms with van der Waals surface area (Å²) in [5, 5.41) is 0. The molecule has 0 amide bonds. The first kappa shape index (κ1) is 10.2. The number of rotatable bonds is 2. The number of halogens is 1. The molecule has 0 saturated heterocycles. The SMILES string of the molecule is CC(C)CC1CC(Br)c2ccccc21. The Labute approximate surface area is 94.8 Å². The Morgan fingerprint density at radius 1 is 1.29 bits per heavy atom. The summed E-state index contributed by atoms with van der Waals surface area (Å²) in [6.45, 7) is 4.62. The van der Waals surface area contributed by atoms with Crippen LogP contribution in [0.25, 0.3) is 0 Å². The van der Waals surface area contributed by atoms with Crippen molar-refractivity contribution in [2.75, 3.05) is 0 Å². The third kappa shape index (κ3) is 1.88. The normalized spacial score (nSPS) is 25.4. The summed E-state index contributed by atoms with van der Waals surface area (Å²) in [4.78, 5) is 0.586. The molecule has 1 aromatic rings. The van der Waals surface area contributed by atoms with Gasteiger partial charge in [-0.25, -0.2) is 0 Å². The zero-order valence-corrected chi connectivity index (χ0v) is 10.4. The molecular weight excluding hydrogens is 236 g/mol. The standard InChI is InChI=1S/C13H17Br/c1-9(2)7-10-8-13(14)12-6-4-3-5-11(10)12/h3-6,9-10,13H,7-8H2,1-2H3. The van der Waals surface area contributed by atoms with Gasteiger partial charge in [-0.05, 0) is 35.8 Å². The number of hydrogen-bond acceptors (Lipinski definition) is 0. The molecule has 1 aromatic carbocycles. The van der Waals surface area contributed by atoms with Gasteiger partial charge in [-0.1, -0.05) is 54.0 Å². The molecule has 2 unspecified atom stereocenters. The van der Waals surface area contributed by atoms with Gasteiger partial charge in [0.05, 0.1) is 0 Å². The fourth-order valence-corrected chi connectivity index (χ4v) is 3.33. The van der Waals surface area contributed by atoms with E-state index in [0.29, 0.717) is 4.83 Å². The fraction of sp³-hybridized carbons (Fsp3) is 0.538. The Morgan fingerprint density at radius 3 is 2.57 bits per heavy atom. The molecule has 0 heterocycles. The van der Waals surface area contributed by atoms with E-state index in [4.69, 9.17) is 0 Å². The maximum absolute atomic E-state index is 3.77. The van der Waals surface area contributed by atoms with E-state index in [1.807, 2.05) is 0 Å². The van der Waals surface area contributed by atoms with Gasteiger partial charge >= 0.3 is 0 Å². The average Bonchev–Trinajstić information content (AvgIpc) is 2.44. The molecule has 0 radical (unpaired) electrons. The van der Waals surface area contributed by atoms with Gasteiger partial charge in [0.25, 0.3) is 0 Å². The molecule has 0 nitrogen and oxygen atoms in total. The molecule has 0 saturated carbocycles.